The van der Waals surface area contributed by atoms with Gasteiger partial charge in [0.25, 0.3) is 5.91 Å². The number of aromatic nitrogens is 1. The van der Waals surface area contributed by atoms with E-state index < -0.39 is 31.2 Å². The van der Waals surface area contributed by atoms with Crippen LogP contribution in [-0.4, -0.2) is 65.2 Å². The molecule has 3 heterocycles. The number of carbonyl (C=O) groups excluding carboxylic acids is 1. The number of benzene rings is 1. The summed E-state index contributed by atoms with van der Waals surface area (Å²) in [5.41, 5.74) is 3.42. The summed E-state index contributed by atoms with van der Waals surface area (Å²) in [4.78, 5) is 18.3. The molecule has 2 saturated heterocycles. The van der Waals surface area contributed by atoms with Crippen LogP contribution in [0.25, 0.3) is 11.1 Å². The molecular weight excluding hydrogens is 433 g/mol. The van der Waals surface area contributed by atoms with Crippen LogP contribution in [0.15, 0.2) is 42.6 Å². The van der Waals surface area contributed by atoms with Crippen molar-refractivity contribution in [2.75, 3.05) is 26.3 Å². The second-order valence-electron chi connectivity index (χ2n) is 8.82. The van der Waals surface area contributed by atoms with Gasteiger partial charge >= 0.3 is 6.43 Å². The topological polar surface area (TPSA) is 77.5 Å². The van der Waals surface area contributed by atoms with E-state index in [2.05, 4.69) is 15.2 Å². The average molecular weight is 463 g/mol. The largest absolute Gasteiger partial charge is 0.386 e. The van der Waals surface area contributed by atoms with Crippen molar-refractivity contribution < 1.29 is 23.1 Å². The van der Waals surface area contributed by atoms with Gasteiger partial charge in [0, 0.05) is 30.4 Å². The molecule has 33 heavy (non-hydrogen) atoms. The smallest absolute Gasteiger partial charge is 0.315 e. The standard InChI is InChI=1S/C24H29F3N4O2/c25-13-20(30-23(33)22(26)27)21(32)17-3-1-16(2-4-17)18-5-6-19(29-14-18)15-31-12-9-24(31)7-10-28-11-8-24/h1-6,14,20-22,28,32H,7-13,15H2,(H,30,33). The number of aliphatic hydroxyl groups excluding tert-OH is 1. The molecule has 0 saturated carbocycles. The average Bonchev–Trinajstić information content (AvgIpc) is 2.85. The molecule has 2 aliphatic rings. The van der Waals surface area contributed by atoms with Crippen LogP contribution in [0.5, 0.6) is 0 Å². The molecule has 9 heteroatoms. The molecule has 2 aromatic rings. The Kier molecular flexibility index (Phi) is 7.31. The fourth-order valence-corrected chi connectivity index (χ4v) is 4.73. The number of piperidine rings is 1. The molecule has 2 atom stereocenters. The van der Waals surface area contributed by atoms with E-state index in [1.165, 1.54) is 19.3 Å². The van der Waals surface area contributed by atoms with Crippen molar-refractivity contribution in [1.82, 2.24) is 20.5 Å². The van der Waals surface area contributed by atoms with Crippen molar-refractivity contribution in [3.05, 3.63) is 53.9 Å². The van der Waals surface area contributed by atoms with E-state index >= 15 is 0 Å². The van der Waals surface area contributed by atoms with Gasteiger partial charge < -0.3 is 15.7 Å². The summed E-state index contributed by atoms with van der Waals surface area (Å²) in [6.07, 6.45) is 0.709. The van der Waals surface area contributed by atoms with Crippen LogP contribution in [0.4, 0.5) is 13.2 Å². The Balaban J connectivity index is 1.38. The number of rotatable bonds is 8. The summed E-state index contributed by atoms with van der Waals surface area (Å²) in [5, 5.41) is 15.6. The van der Waals surface area contributed by atoms with Crippen LogP contribution in [0, 0.1) is 0 Å². The fourth-order valence-electron chi connectivity index (χ4n) is 4.73. The molecule has 178 valence electrons. The molecule has 0 bridgehead atoms. The van der Waals surface area contributed by atoms with Gasteiger partial charge in [0.05, 0.1) is 11.7 Å². The monoisotopic (exact) mass is 462 g/mol. The molecule has 1 aromatic carbocycles. The van der Waals surface area contributed by atoms with Crippen molar-refractivity contribution in [3.8, 4) is 11.1 Å². The van der Waals surface area contributed by atoms with Crippen molar-refractivity contribution in [2.45, 2.75) is 49.9 Å². The van der Waals surface area contributed by atoms with Crippen molar-refractivity contribution >= 4 is 5.91 Å². The van der Waals surface area contributed by atoms with E-state index in [1.807, 2.05) is 23.6 Å². The first kappa shape index (κ1) is 23.7. The van der Waals surface area contributed by atoms with Gasteiger partial charge in [-0.1, -0.05) is 30.3 Å². The zero-order chi connectivity index (χ0) is 23.4. The maximum absolute atomic E-state index is 13.2. The minimum absolute atomic E-state index is 0.325. The highest BCUT2D eigenvalue weighted by Gasteiger charge is 2.44. The molecule has 1 aromatic heterocycles. The van der Waals surface area contributed by atoms with Crippen LogP contribution in [0.1, 0.15) is 36.6 Å². The molecule has 3 N–H and O–H groups in total. The van der Waals surface area contributed by atoms with Crippen molar-refractivity contribution in [1.29, 1.82) is 0 Å². The molecule has 6 nitrogen and oxygen atoms in total. The number of carbonyl (C=O) groups is 1. The normalized spacial score (nSPS) is 19.8. The molecule has 0 radical (unpaired) electrons. The summed E-state index contributed by atoms with van der Waals surface area (Å²) < 4.78 is 38.0. The molecule has 2 unspecified atom stereocenters. The van der Waals surface area contributed by atoms with E-state index in [0.29, 0.717) is 11.1 Å². The van der Waals surface area contributed by atoms with Gasteiger partial charge in [0.15, 0.2) is 0 Å². The van der Waals surface area contributed by atoms with Crippen LogP contribution in [-0.2, 0) is 11.3 Å². The van der Waals surface area contributed by atoms with Gasteiger partial charge in [-0.2, -0.15) is 8.78 Å². The van der Waals surface area contributed by atoms with Gasteiger partial charge in [-0.15, -0.1) is 0 Å². The predicted molar refractivity (Wildman–Crippen MR) is 118 cm³/mol. The van der Waals surface area contributed by atoms with Crippen LogP contribution in [0.2, 0.25) is 0 Å². The SMILES string of the molecule is O=C(NC(CF)C(O)c1ccc(-c2ccc(CN3CCC34CCNCC4)nc2)cc1)C(F)F. The lowest BCUT2D eigenvalue weighted by Gasteiger charge is -2.55. The quantitative estimate of drug-likeness (QED) is 0.563. The Morgan fingerprint density at radius 2 is 1.82 bits per heavy atom. The molecule has 1 amide bonds. The van der Waals surface area contributed by atoms with E-state index in [0.717, 1.165) is 43.0 Å². The van der Waals surface area contributed by atoms with Crippen LogP contribution in [0.3, 0.4) is 0 Å². The third-order valence-corrected chi connectivity index (χ3v) is 6.89. The first-order chi connectivity index (χ1) is 15.9. The highest BCUT2D eigenvalue weighted by atomic mass is 19.3. The number of aliphatic hydroxyl groups is 1. The summed E-state index contributed by atoms with van der Waals surface area (Å²) in [7, 11) is 0. The zero-order valence-corrected chi connectivity index (χ0v) is 18.3. The molecule has 1 spiro atoms. The van der Waals surface area contributed by atoms with Gasteiger partial charge in [-0.05, 0) is 49.5 Å². The Morgan fingerprint density at radius 3 is 2.36 bits per heavy atom. The number of alkyl halides is 3. The van der Waals surface area contributed by atoms with Gasteiger partial charge in [-0.3, -0.25) is 14.7 Å². The van der Waals surface area contributed by atoms with Crippen molar-refractivity contribution in [2.24, 2.45) is 0 Å². The Labute approximate surface area is 191 Å². The zero-order valence-electron chi connectivity index (χ0n) is 18.3. The maximum atomic E-state index is 13.2. The number of pyridine rings is 1. The van der Waals surface area contributed by atoms with E-state index in [9.17, 15) is 23.1 Å². The Hall–Kier alpha value is -2.49. The molecule has 4 rings (SSSR count). The molecule has 2 aliphatic heterocycles. The summed E-state index contributed by atoms with van der Waals surface area (Å²) in [6, 6.07) is 9.25. The highest BCUT2D eigenvalue weighted by molar-refractivity contribution is 5.79. The van der Waals surface area contributed by atoms with Crippen molar-refractivity contribution in [3.63, 3.8) is 0 Å². The number of amides is 1. The van der Waals surface area contributed by atoms with Gasteiger partial charge in [0.1, 0.15) is 12.8 Å². The second-order valence-corrected chi connectivity index (χ2v) is 8.82. The Bertz CT molecular complexity index is 934. The van der Waals surface area contributed by atoms with E-state index in [-0.39, 0.29) is 0 Å². The summed E-state index contributed by atoms with van der Waals surface area (Å²) >= 11 is 0. The summed E-state index contributed by atoms with van der Waals surface area (Å²) in [6.45, 7) is 2.91. The summed E-state index contributed by atoms with van der Waals surface area (Å²) in [5.74, 6) is -1.61. The minimum atomic E-state index is -3.27. The van der Waals surface area contributed by atoms with E-state index in [4.69, 9.17) is 0 Å². The molecule has 2 fully saturated rings. The molecular formula is C24H29F3N4O2. The fraction of sp³-hybridized carbons (Fsp3) is 0.500. The number of nitrogens with zero attached hydrogens (tertiary/aromatic N) is 2. The predicted octanol–water partition coefficient (Wildman–Crippen LogP) is 2.83. The number of halogens is 3. The third-order valence-electron chi connectivity index (χ3n) is 6.89. The number of hydrogen-bond acceptors (Lipinski definition) is 5. The number of likely N-dealkylation sites (tertiary alicyclic amines) is 1. The molecule has 0 aliphatic carbocycles. The maximum Gasteiger partial charge on any atom is 0.315 e. The third kappa shape index (κ3) is 5.20. The first-order valence-electron chi connectivity index (χ1n) is 11.3. The van der Waals surface area contributed by atoms with Crippen LogP contribution < -0.4 is 10.6 Å². The van der Waals surface area contributed by atoms with E-state index in [1.54, 1.807) is 24.3 Å². The van der Waals surface area contributed by atoms with Gasteiger partial charge in [0.2, 0.25) is 0 Å². The first-order valence-corrected chi connectivity index (χ1v) is 11.3. The second kappa shape index (κ2) is 10.2. The Morgan fingerprint density at radius 1 is 1.12 bits per heavy atom. The lowest BCUT2D eigenvalue weighted by Crippen LogP contribution is -2.63. The van der Waals surface area contributed by atoms with Crippen LogP contribution >= 0.6 is 0 Å². The highest BCUT2D eigenvalue weighted by Crippen LogP contribution is 2.39. The number of nitrogens with one attached hydrogen (secondary N) is 2. The minimum Gasteiger partial charge on any atom is -0.386 e. The lowest BCUT2D eigenvalue weighted by atomic mass is 9.77. The lowest BCUT2D eigenvalue weighted by molar-refractivity contribution is -0.133. The number of hydrogen-bond donors (Lipinski definition) is 3. The van der Waals surface area contributed by atoms with Gasteiger partial charge in [-0.25, -0.2) is 4.39 Å².